The van der Waals surface area contributed by atoms with Crippen LogP contribution in [0.5, 0.6) is 5.75 Å². The van der Waals surface area contributed by atoms with Gasteiger partial charge in [-0.05, 0) is 62.9 Å². The van der Waals surface area contributed by atoms with E-state index in [9.17, 15) is 14.4 Å². The first kappa shape index (κ1) is 22.8. The molecule has 4 rings (SSSR count). The summed E-state index contributed by atoms with van der Waals surface area (Å²) in [7, 11) is 1.55. The lowest BCUT2D eigenvalue weighted by molar-refractivity contribution is -0.127. The number of nitrogens with one attached hydrogen (secondary N) is 1. The molecule has 3 amide bonds. The van der Waals surface area contributed by atoms with Crippen molar-refractivity contribution in [2.45, 2.75) is 38.8 Å². The van der Waals surface area contributed by atoms with Gasteiger partial charge in [-0.2, -0.15) is 0 Å². The Bertz CT molecular complexity index is 1080. The maximum atomic E-state index is 13.9. The van der Waals surface area contributed by atoms with Gasteiger partial charge in [0, 0.05) is 36.3 Å². The van der Waals surface area contributed by atoms with Gasteiger partial charge in [-0.1, -0.05) is 24.3 Å². The van der Waals surface area contributed by atoms with E-state index in [4.69, 9.17) is 4.74 Å². The summed E-state index contributed by atoms with van der Waals surface area (Å²) in [6.45, 7) is 7.31. The summed E-state index contributed by atoms with van der Waals surface area (Å²) in [5.74, 6) is 0.0286. The van der Waals surface area contributed by atoms with E-state index in [2.05, 4.69) is 5.32 Å². The maximum absolute atomic E-state index is 13.9. The molecule has 2 unspecified atom stereocenters. The van der Waals surface area contributed by atoms with Crippen molar-refractivity contribution in [1.82, 2.24) is 15.1 Å². The molecule has 1 fully saturated rings. The van der Waals surface area contributed by atoms with E-state index in [1.807, 2.05) is 31.7 Å². The van der Waals surface area contributed by atoms with Crippen LogP contribution in [0.25, 0.3) is 0 Å². The Balaban J connectivity index is 1.87. The Morgan fingerprint density at radius 3 is 2.55 bits per heavy atom. The number of fused-ring (bicyclic) bond motifs is 3. The van der Waals surface area contributed by atoms with E-state index in [1.165, 1.54) is 0 Å². The fourth-order valence-electron chi connectivity index (χ4n) is 4.66. The Morgan fingerprint density at radius 2 is 1.82 bits per heavy atom. The van der Waals surface area contributed by atoms with Crippen molar-refractivity contribution >= 4 is 17.7 Å². The molecule has 2 heterocycles. The average molecular weight is 450 g/mol. The SMILES string of the molecule is COc1cccc(C(=O)N2CC3CCN(C3)C(=O)c3ccccc3C2C(=O)NC(C)(C)C)c1. The second kappa shape index (κ2) is 8.89. The number of benzene rings is 2. The van der Waals surface area contributed by atoms with Crippen LogP contribution in [-0.2, 0) is 4.79 Å². The van der Waals surface area contributed by atoms with Gasteiger partial charge in [0.1, 0.15) is 11.8 Å². The van der Waals surface area contributed by atoms with Crippen LogP contribution in [0.2, 0.25) is 0 Å². The molecule has 2 aromatic rings. The minimum Gasteiger partial charge on any atom is -0.497 e. The number of nitrogens with zero attached hydrogens (tertiary/aromatic N) is 2. The largest absolute Gasteiger partial charge is 0.497 e. The first-order chi connectivity index (χ1) is 15.7. The Hall–Kier alpha value is -3.35. The molecular formula is C26H31N3O4. The van der Waals surface area contributed by atoms with Gasteiger partial charge in [-0.25, -0.2) is 0 Å². The van der Waals surface area contributed by atoms with Crippen LogP contribution in [0.15, 0.2) is 48.5 Å². The number of hydrogen-bond donors (Lipinski definition) is 1. The van der Waals surface area contributed by atoms with Crippen molar-refractivity contribution in [2.24, 2.45) is 5.92 Å². The van der Waals surface area contributed by atoms with E-state index < -0.39 is 11.6 Å². The second-order valence-corrected chi connectivity index (χ2v) is 9.82. The quantitative estimate of drug-likeness (QED) is 0.780. The molecule has 0 saturated carbocycles. The van der Waals surface area contributed by atoms with Crippen LogP contribution in [0.4, 0.5) is 0 Å². The summed E-state index contributed by atoms with van der Waals surface area (Å²) in [6.07, 6.45) is 0.795. The molecule has 1 N–H and O–H groups in total. The summed E-state index contributed by atoms with van der Waals surface area (Å²) in [4.78, 5) is 44.4. The van der Waals surface area contributed by atoms with Crippen molar-refractivity contribution in [3.8, 4) is 5.75 Å². The number of methoxy groups -OCH3 is 1. The molecule has 33 heavy (non-hydrogen) atoms. The first-order valence-electron chi connectivity index (χ1n) is 11.3. The van der Waals surface area contributed by atoms with Crippen LogP contribution < -0.4 is 10.1 Å². The molecule has 0 radical (unpaired) electrons. The third-order valence-electron chi connectivity index (χ3n) is 6.15. The Labute approximate surface area is 194 Å². The number of carbonyl (C=O) groups excluding carboxylic acids is 3. The fourth-order valence-corrected chi connectivity index (χ4v) is 4.66. The lowest BCUT2D eigenvalue weighted by Gasteiger charge is -2.35. The molecule has 2 aliphatic heterocycles. The zero-order chi connectivity index (χ0) is 23.8. The molecule has 2 aliphatic rings. The zero-order valence-electron chi connectivity index (χ0n) is 19.6. The second-order valence-electron chi connectivity index (χ2n) is 9.82. The normalized spacial score (nSPS) is 20.4. The van der Waals surface area contributed by atoms with Crippen molar-refractivity contribution in [3.05, 3.63) is 65.2 Å². The van der Waals surface area contributed by atoms with Crippen molar-refractivity contribution in [2.75, 3.05) is 26.7 Å². The van der Waals surface area contributed by atoms with Gasteiger partial charge in [-0.15, -0.1) is 0 Å². The minimum absolute atomic E-state index is 0.0858. The summed E-state index contributed by atoms with van der Waals surface area (Å²) < 4.78 is 5.32. The lowest BCUT2D eigenvalue weighted by atomic mass is 9.94. The molecule has 0 aliphatic carbocycles. The van der Waals surface area contributed by atoms with Gasteiger partial charge in [0.25, 0.3) is 11.8 Å². The lowest BCUT2D eigenvalue weighted by Crippen LogP contribution is -2.50. The molecule has 7 heteroatoms. The van der Waals surface area contributed by atoms with Crippen LogP contribution in [0, 0.1) is 5.92 Å². The molecule has 2 aromatic carbocycles. The van der Waals surface area contributed by atoms with Gasteiger partial charge < -0.3 is 19.9 Å². The summed E-state index contributed by atoms with van der Waals surface area (Å²) in [6, 6.07) is 13.2. The fraction of sp³-hybridized carbons (Fsp3) is 0.423. The topological polar surface area (TPSA) is 79.0 Å². The van der Waals surface area contributed by atoms with Crippen LogP contribution in [0.1, 0.15) is 59.5 Å². The monoisotopic (exact) mass is 449 g/mol. The Morgan fingerprint density at radius 1 is 1.06 bits per heavy atom. The minimum atomic E-state index is -0.927. The van der Waals surface area contributed by atoms with Crippen LogP contribution in [-0.4, -0.2) is 59.8 Å². The average Bonchev–Trinajstić information content (AvgIpc) is 3.26. The van der Waals surface area contributed by atoms with Crippen molar-refractivity contribution in [1.29, 1.82) is 0 Å². The smallest absolute Gasteiger partial charge is 0.254 e. The highest BCUT2D eigenvalue weighted by Gasteiger charge is 2.41. The van der Waals surface area contributed by atoms with Crippen LogP contribution >= 0.6 is 0 Å². The maximum Gasteiger partial charge on any atom is 0.254 e. The van der Waals surface area contributed by atoms with Crippen LogP contribution in [0.3, 0.4) is 0 Å². The molecule has 174 valence electrons. The third kappa shape index (κ3) is 4.72. The third-order valence-corrected chi connectivity index (χ3v) is 6.15. The van der Waals surface area contributed by atoms with Gasteiger partial charge in [0.05, 0.1) is 7.11 Å². The molecular weight excluding hydrogens is 418 g/mol. The predicted octanol–water partition coefficient (Wildman–Crippen LogP) is 3.27. The zero-order valence-corrected chi connectivity index (χ0v) is 19.6. The summed E-state index contributed by atoms with van der Waals surface area (Å²) in [5.41, 5.74) is 0.966. The van der Waals surface area contributed by atoms with Crippen molar-refractivity contribution in [3.63, 3.8) is 0 Å². The van der Waals surface area contributed by atoms with Gasteiger partial charge >= 0.3 is 0 Å². The van der Waals surface area contributed by atoms with Crippen molar-refractivity contribution < 1.29 is 19.1 Å². The highest BCUT2D eigenvalue weighted by molar-refractivity contribution is 6.01. The standard InChI is InChI=1S/C26H31N3O4/c1-26(2,3)27-23(30)22-20-10-5-6-11-21(20)25(32)28-13-12-17(15-28)16-29(22)24(31)18-8-7-9-19(14-18)33-4/h5-11,14,17,22H,12-13,15-16H2,1-4H3,(H,27,30). The van der Waals surface area contributed by atoms with E-state index in [0.717, 1.165) is 6.42 Å². The number of amides is 3. The number of ether oxygens (including phenoxy) is 1. The first-order valence-corrected chi connectivity index (χ1v) is 11.3. The highest BCUT2D eigenvalue weighted by atomic mass is 16.5. The Kier molecular flexibility index (Phi) is 6.15. The van der Waals surface area contributed by atoms with Gasteiger partial charge in [0.15, 0.2) is 0 Å². The van der Waals surface area contributed by atoms with E-state index in [0.29, 0.717) is 42.1 Å². The molecule has 2 bridgehead atoms. The van der Waals surface area contributed by atoms with E-state index in [-0.39, 0.29) is 23.6 Å². The molecule has 2 atom stereocenters. The molecule has 0 aromatic heterocycles. The molecule has 7 nitrogen and oxygen atoms in total. The van der Waals surface area contributed by atoms with Gasteiger partial charge in [0.2, 0.25) is 5.91 Å². The number of carbonyl (C=O) groups is 3. The molecule has 0 spiro atoms. The summed E-state index contributed by atoms with van der Waals surface area (Å²) >= 11 is 0. The highest BCUT2D eigenvalue weighted by Crippen LogP contribution is 2.33. The number of hydrogen-bond acceptors (Lipinski definition) is 4. The van der Waals surface area contributed by atoms with Gasteiger partial charge in [-0.3, -0.25) is 14.4 Å². The molecule has 1 saturated heterocycles. The summed E-state index contributed by atoms with van der Waals surface area (Å²) in [5, 5.41) is 3.03. The predicted molar refractivity (Wildman–Crippen MR) is 125 cm³/mol. The van der Waals surface area contributed by atoms with E-state index >= 15 is 0 Å². The van der Waals surface area contributed by atoms with E-state index in [1.54, 1.807) is 54.5 Å². The number of rotatable bonds is 3.